The summed E-state index contributed by atoms with van der Waals surface area (Å²) in [5.74, 6) is 0.841. The second-order valence-electron chi connectivity index (χ2n) is 7.07. The zero-order valence-electron chi connectivity index (χ0n) is 13.4. The van der Waals surface area contributed by atoms with Gasteiger partial charge in [0.2, 0.25) is 0 Å². The van der Waals surface area contributed by atoms with E-state index in [1.807, 2.05) is 39.8 Å². The van der Waals surface area contributed by atoms with E-state index in [1.54, 1.807) is 6.07 Å². The lowest BCUT2D eigenvalue weighted by Gasteiger charge is -2.32. The van der Waals surface area contributed by atoms with Crippen molar-refractivity contribution in [3.8, 4) is 5.75 Å². The molecule has 2 rings (SSSR count). The molecule has 1 N–H and O–H groups in total. The van der Waals surface area contributed by atoms with Gasteiger partial charge in [-0.05, 0) is 57.1 Å². The van der Waals surface area contributed by atoms with Crippen molar-refractivity contribution in [3.63, 3.8) is 0 Å². The van der Waals surface area contributed by atoms with E-state index in [-0.39, 0.29) is 18.3 Å². The second kappa shape index (κ2) is 5.08. The van der Waals surface area contributed by atoms with Crippen LogP contribution < -0.4 is 5.46 Å². The number of hydrogen-bond acceptors (Lipinski definition) is 3. The Kier molecular flexibility index (Phi) is 3.91. The summed E-state index contributed by atoms with van der Waals surface area (Å²) < 4.78 is 12.1. The fraction of sp³-hybridized carbons (Fsp3) is 0.625. The normalized spacial score (nSPS) is 20.6. The molecule has 4 heteroatoms. The molecule has 1 fully saturated rings. The van der Waals surface area contributed by atoms with E-state index < -0.39 is 0 Å². The Balaban J connectivity index is 2.27. The molecule has 1 aliphatic heterocycles. The van der Waals surface area contributed by atoms with Crippen molar-refractivity contribution in [2.45, 2.75) is 59.2 Å². The highest BCUT2D eigenvalue weighted by atomic mass is 16.7. The Labute approximate surface area is 122 Å². The predicted octanol–water partition coefficient (Wildman–Crippen LogP) is 2.89. The Morgan fingerprint density at radius 3 is 2.15 bits per heavy atom. The minimum absolute atomic E-state index is 0.340. The van der Waals surface area contributed by atoms with Crippen molar-refractivity contribution in [2.24, 2.45) is 5.92 Å². The lowest BCUT2D eigenvalue weighted by atomic mass is 9.77. The quantitative estimate of drug-likeness (QED) is 0.863. The third-order valence-electron chi connectivity index (χ3n) is 4.26. The van der Waals surface area contributed by atoms with Crippen molar-refractivity contribution in [3.05, 3.63) is 23.8 Å². The molecule has 0 atom stereocenters. The fourth-order valence-corrected chi connectivity index (χ4v) is 2.33. The molecule has 3 nitrogen and oxygen atoms in total. The molecule has 0 radical (unpaired) electrons. The summed E-state index contributed by atoms with van der Waals surface area (Å²) in [4.78, 5) is 0. The smallest absolute Gasteiger partial charge is 0.494 e. The number of aromatic hydroxyl groups is 1. The summed E-state index contributed by atoms with van der Waals surface area (Å²) in [6.07, 6.45) is 0.846. The second-order valence-corrected chi connectivity index (χ2v) is 7.07. The van der Waals surface area contributed by atoms with Crippen LogP contribution in [0.4, 0.5) is 0 Å². The van der Waals surface area contributed by atoms with Gasteiger partial charge in [-0.3, -0.25) is 0 Å². The Bertz CT molecular complexity index is 478. The van der Waals surface area contributed by atoms with Crippen LogP contribution in [0.25, 0.3) is 0 Å². The highest BCUT2D eigenvalue weighted by molar-refractivity contribution is 6.62. The minimum Gasteiger partial charge on any atom is -0.508 e. The van der Waals surface area contributed by atoms with Crippen LogP contribution >= 0.6 is 0 Å². The van der Waals surface area contributed by atoms with Crippen LogP contribution in [0.1, 0.15) is 47.1 Å². The molecular weight excluding hydrogens is 251 g/mol. The molecule has 0 aliphatic carbocycles. The topological polar surface area (TPSA) is 38.7 Å². The van der Waals surface area contributed by atoms with Gasteiger partial charge in [-0.2, -0.15) is 0 Å². The van der Waals surface area contributed by atoms with E-state index >= 15 is 0 Å². The number of hydrogen-bond donors (Lipinski definition) is 1. The first-order valence-corrected chi connectivity index (χ1v) is 7.30. The average molecular weight is 276 g/mol. The van der Waals surface area contributed by atoms with Crippen LogP contribution in [-0.4, -0.2) is 23.4 Å². The van der Waals surface area contributed by atoms with E-state index in [0.29, 0.717) is 11.7 Å². The summed E-state index contributed by atoms with van der Waals surface area (Å²) in [5.41, 5.74) is 1.24. The Hall–Kier alpha value is -0.995. The molecule has 0 spiro atoms. The molecule has 1 aromatic rings. The van der Waals surface area contributed by atoms with Gasteiger partial charge in [-0.15, -0.1) is 0 Å². The summed E-state index contributed by atoms with van der Waals surface area (Å²) in [6.45, 7) is 12.5. The van der Waals surface area contributed by atoms with E-state index in [2.05, 4.69) is 13.8 Å². The average Bonchev–Trinajstić information content (AvgIpc) is 2.50. The molecule has 1 saturated heterocycles. The van der Waals surface area contributed by atoms with Crippen LogP contribution in [0.15, 0.2) is 18.2 Å². The van der Waals surface area contributed by atoms with Gasteiger partial charge in [-0.1, -0.05) is 26.0 Å². The van der Waals surface area contributed by atoms with Crippen molar-refractivity contribution in [1.82, 2.24) is 0 Å². The molecule has 0 aromatic heterocycles. The first kappa shape index (κ1) is 15.4. The van der Waals surface area contributed by atoms with Crippen LogP contribution in [0, 0.1) is 5.92 Å². The molecule has 1 aromatic carbocycles. The molecule has 0 amide bonds. The molecular formula is C16H25BO3. The molecule has 1 heterocycles. The van der Waals surface area contributed by atoms with Gasteiger partial charge in [0.15, 0.2) is 0 Å². The standard InChI is InChI=1S/C16H25BO3/c1-11(2)9-12-10-13(7-8-14(12)18)17-19-15(3,4)16(5,6)20-17/h7-8,10-11,18H,9H2,1-6H3. The van der Waals surface area contributed by atoms with E-state index in [0.717, 1.165) is 17.4 Å². The van der Waals surface area contributed by atoms with E-state index in [4.69, 9.17) is 9.31 Å². The summed E-state index contributed by atoms with van der Waals surface area (Å²) in [7, 11) is -0.369. The van der Waals surface area contributed by atoms with Crippen molar-refractivity contribution in [1.29, 1.82) is 0 Å². The van der Waals surface area contributed by atoms with Gasteiger partial charge in [0.05, 0.1) is 11.2 Å². The van der Waals surface area contributed by atoms with Crippen LogP contribution in [0.3, 0.4) is 0 Å². The van der Waals surface area contributed by atoms with Crippen molar-refractivity contribution < 1.29 is 14.4 Å². The SMILES string of the molecule is CC(C)Cc1cc(B2OC(C)(C)C(C)(C)O2)ccc1O. The highest BCUT2D eigenvalue weighted by Gasteiger charge is 2.51. The van der Waals surface area contributed by atoms with Crippen LogP contribution in [0.2, 0.25) is 0 Å². The van der Waals surface area contributed by atoms with Crippen LogP contribution in [0.5, 0.6) is 5.75 Å². The first-order chi connectivity index (χ1) is 9.12. The monoisotopic (exact) mass is 276 g/mol. The maximum atomic E-state index is 9.95. The lowest BCUT2D eigenvalue weighted by Crippen LogP contribution is -2.41. The molecule has 20 heavy (non-hydrogen) atoms. The Morgan fingerprint density at radius 1 is 1.10 bits per heavy atom. The maximum Gasteiger partial charge on any atom is 0.494 e. The van der Waals surface area contributed by atoms with Gasteiger partial charge in [0.1, 0.15) is 5.75 Å². The zero-order chi connectivity index (χ0) is 15.1. The first-order valence-electron chi connectivity index (χ1n) is 7.30. The number of phenols is 1. The lowest BCUT2D eigenvalue weighted by molar-refractivity contribution is 0.00578. The summed E-state index contributed by atoms with van der Waals surface area (Å²) >= 11 is 0. The predicted molar refractivity (Wildman–Crippen MR) is 82.4 cm³/mol. The van der Waals surface area contributed by atoms with Crippen LogP contribution in [-0.2, 0) is 15.7 Å². The maximum absolute atomic E-state index is 9.95. The third-order valence-corrected chi connectivity index (χ3v) is 4.26. The molecule has 0 saturated carbocycles. The van der Waals surface area contributed by atoms with Gasteiger partial charge in [-0.25, -0.2) is 0 Å². The van der Waals surface area contributed by atoms with Crippen molar-refractivity contribution >= 4 is 12.6 Å². The minimum atomic E-state index is -0.369. The van der Waals surface area contributed by atoms with Crippen molar-refractivity contribution in [2.75, 3.05) is 0 Å². The van der Waals surface area contributed by atoms with E-state index in [1.165, 1.54) is 0 Å². The van der Waals surface area contributed by atoms with Gasteiger partial charge >= 0.3 is 7.12 Å². The highest BCUT2D eigenvalue weighted by Crippen LogP contribution is 2.36. The largest absolute Gasteiger partial charge is 0.508 e. The molecule has 1 aliphatic rings. The van der Waals surface area contributed by atoms with Gasteiger partial charge in [0, 0.05) is 0 Å². The Morgan fingerprint density at radius 2 is 1.65 bits per heavy atom. The fourth-order valence-electron chi connectivity index (χ4n) is 2.33. The van der Waals surface area contributed by atoms with Gasteiger partial charge < -0.3 is 14.4 Å². The number of benzene rings is 1. The van der Waals surface area contributed by atoms with Gasteiger partial charge in [0.25, 0.3) is 0 Å². The molecule has 0 bridgehead atoms. The molecule has 0 unspecified atom stereocenters. The number of phenolic OH excluding ortho intramolecular Hbond substituents is 1. The van der Waals surface area contributed by atoms with E-state index in [9.17, 15) is 5.11 Å². The third kappa shape index (κ3) is 2.86. The summed E-state index contributed by atoms with van der Waals surface area (Å²) in [6, 6.07) is 5.61. The molecule has 110 valence electrons. The zero-order valence-corrected chi connectivity index (χ0v) is 13.4. The summed E-state index contributed by atoms with van der Waals surface area (Å²) in [5, 5.41) is 9.95. The number of rotatable bonds is 3.